The molecule has 3 rings (SSSR count). The lowest BCUT2D eigenvalue weighted by atomic mass is 9.70. The van der Waals surface area contributed by atoms with Crippen LogP contribution in [0.25, 0.3) is 0 Å². The maximum Gasteiger partial charge on any atom is 0.124 e. The summed E-state index contributed by atoms with van der Waals surface area (Å²) in [4.78, 5) is 8.50. The van der Waals surface area contributed by atoms with Crippen LogP contribution in [0.3, 0.4) is 0 Å². The Kier molecular flexibility index (Phi) is 2.38. The highest BCUT2D eigenvalue weighted by Crippen LogP contribution is 2.67. The van der Waals surface area contributed by atoms with Gasteiger partial charge in [0, 0.05) is 17.0 Å². The van der Waals surface area contributed by atoms with E-state index in [4.69, 9.17) is 10.7 Å². The van der Waals surface area contributed by atoms with Crippen LogP contribution in [0.4, 0.5) is 0 Å². The van der Waals surface area contributed by atoms with Crippen LogP contribution in [0.5, 0.6) is 0 Å². The molecule has 2 unspecified atom stereocenters. The van der Waals surface area contributed by atoms with Gasteiger partial charge in [-0.2, -0.15) is 0 Å². The Morgan fingerprint density at radius 1 is 1.32 bits per heavy atom. The molecular formula is C16H27N3. The molecule has 0 radical (unpaired) electrons. The second-order valence-electron chi connectivity index (χ2n) is 8.37. The van der Waals surface area contributed by atoms with E-state index in [1.54, 1.807) is 0 Å². The second-order valence-corrected chi connectivity index (χ2v) is 8.37. The highest BCUT2D eigenvalue weighted by Gasteiger charge is 2.61. The number of hydrogen-bond acceptors (Lipinski definition) is 2. The number of H-pyrrole nitrogens is 1. The number of fused-ring (bicyclic) bond motifs is 5. The zero-order chi connectivity index (χ0) is 14.2. The van der Waals surface area contributed by atoms with Crippen molar-refractivity contribution in [1.82, 2.24) is 9.97 Å². The molecule has 2 bridgehead atoms. The van der Waals surface area contributed by atoms with Gasteiger partial charge >= 0.3 is 0 Å². The van der Waals surface area contributed by atoms with Crippen molar-refractivity contribution in [3.8, 4) is 0 Å². The monoisotopic (exact) mass is 261 g/mol. The fraction of sp³-hybridized carbons (Fsp3) is 0.812. The molecule has 0 aromatic carbocycles. The van der Waals surface area contributed by atoms with Crippen LogP contribution in [-0.2, 0) is 5.41 Å². The van der Waals surface area contributed by atoms with Gasteiger partial charge in [0.15, 0.2) is 0 Å². The Balaban J connectivity index is 2.06. The number of aromatic nitrogens is 2. The van der Waals surface area contributed by atoms with Crippen molar-refractivity contribution in [2.24, 2.45) is 16.6 Å². The normalized spacial score (nSPS) is 33.5. The SMILES string of the molecule is CC(C)(C)[C@H](N)c1nc2c([nH]1)C1CCC2(C)C1(C)C. The quantitative estimate of drug-likeness (QED) is 0.811. The number of aromatic amines is 1. The van der Waals surface area contributed by atoms with Crippen molar-refractivity contribution < 1.29 is 0 Å². The molecule has 106 valence electrons. The third-order valence-corrected chi connectivity index (χ3v) is 6.08. The summed E-state index contributed by atoms with van der Waals surface area (Å²) in [7, 11) is 0. The minimum absolute atomic E-state index is 0.0239. The van der Waals surface area contributed by atoms with Crippen molar-refractivity contribution in [1.29, 1.82) is 0 Å². The largest absolute Gasteiger partial charge is 0.344 e. The van der Waals surface area contributed by atoms with Crippen LogP contribution in [0.2, 0.25) is 0 Å². The van der Waals surface area contributed by atoms with Crippen LogP contribution in [0.15, 0.2) is 0 Å². The Labute approximate surface area is 116 Å². The third kappa shape index (κ3) is 1.45. The fourth-order valence-corrected chi connectivity index (χ4v) is 4.07. The Hall–Kier alpha value is -0.830. The van der Waals surface area contributed by atoms with E-state index in [1.807, 2.05) is 0 Å². The lowest BCUT2D eigenvalue weighted by Crippen LogP contribution is -2.33. The molecule has 2 aliphatic rings. The molecule has 1 fully saturated rings. The summed E-state index contributed by atoms with van der Waals surface area (Å²) >= 11 is 0. The average Bonchev–Trinajstić information content (AvgIpc) is 2.83. The van der Waals surface area contributed by atoms with Gasteiger partial charge in [0.1, 0.15) is 5.82 Å². The molecule has 19 heavy (non-hydrogen) atoms. The second kappa shape index (κ2) is 3.43. The molecule has 0 aliphatic heterocycles. The maximum atomic E-state index is 6.36. The predicted octanol–water partition coefficient (Wildman–Crippen LogP) is 3.63. The van der Waals surface area contributed by atoms with Gasteiger partial charge in [0.05, 0.1) is 11.7 Å². The lowest BCUT2D eigenvalue weighted by molar-refractivity contribution is 0.223. The zero-order valence-electron chi connectivity index (χ0n) is 13.1. The highest BCUT2D eigenvalue weighted by molar-refractivity contribution is 5.42. The van der Waals surface area contributed by atoms with Gasteiger partial charge in [-0.05, 0) is 23.7 Å². The first kappa shape index (κ1) is 13.2. The molecule has 0 saturated heterocycles. The number of imidazole rings is 1. The number of rotatable bonds is 1. The molecule has 1 aromatic rings. The van der Waals surface area contributed by atoms with E-state index in [0.29, 0.717) is 11.3 Å². The van der Waals surface area contributed by atoms with E-state index < -0.39 is 0 Å². The minimum Gasteiger partial charge on any atom is -0.344 e. The maximum absolute atomic E-state index is 6.36. The number of nitrogens with zero attached hydrogens (tertiary/aromatic N) is 1. The van der Waals surface area contributed by atoms with Gasteiger partial charge in [0.2, 0.25) is 0 Å². The van der Waals surface area contributed by atoms with Crippen molar-refractivity contribution in [2.75, 3.05) is 0 Å². The molecule has 1 heterocycles. The molecule has 3 N–H and O–H groups in total. The lowest BCUT2D eigenvalue weighted by Gasteiger charge is -2.34. The van der Waals surface area contributed by atoms with Gasteiger partial charge in [-0.1, -0.05) is 41.5 Å². The third-order valence-electron chi connectivity index (χ3n) is 6.08. The number of hydrogen-bond donors (Lipinski definition) is 2. The van der Waals surface area contributed by atoms with Crippen LogP contribution in [-0.4, -0.2) is 9.97 Å². The molecule has 3 nitrogen and oxygen atoms in total. The van der Waals surface area contributed by atoms with Crippen LogP contribution in [0.1, 0.15) is 83.6 Å². The smallest absolute Gasteiger partial charge is 0.124 e. The summed E-state index contributed by atoms with van der Waals surface area (Å²) < 4.78 is 0. The van der Waals surface area contributed by atoms with Crippen LogP contribution < -0.4 is 5.73 Å². The van der Waals surface area contributed by atoms with E-state index in [-0.39, 0.29) is 16.9 Å². The molecule has 1 aromatic heterocycles. The molecule has 3 atom stereocenters. The van der Waals surface area contributed by atoms with Gasteiger partial charge in [-0.25, -0.2) is 4.98 Å². The van der Waals surface area contributed by atoms with E-state index >= 15 is 0 Å². The van der Waals surface area contributed by atoms with Crippen LogP contribution >= 0.6 is 0 Å². The topological polar surface area (TPSA) is 54.7 Å². The number of nitrogens with one attached hydrogen (secondary N) is 1. The van der Waals surface area contributed by atoms with E-state index in [1.165, 1.54) is 24.2 Å². The first-order chi connectivity index (χ1) is 8.59. The van der Waals surface area contributed by atoms with Gasteiger partial charge in [-0.3, -0.25) is 0 Å². The van der Waals surface area contributed by atoms with Crippen molar-refractivity contribution in [2.45, 2.75) is 71.8 Å². The van der Waals surface area contributed by atoms with Crippen molar-refractivity contribution in [3.63, 3.8) is 0 Å². The van der Waals surface area contributed by atoms with E-state index in [0.717, 1.165) is 5.82 Å². The summed E-state index contributed by atoms with van der Waals surface area (Å²) in [6.45, 7) is 13.7. The first-order valence-electron chi connectivity index (χ1n) is 7.45. The van der Waals surface area contributed by atoms with Crippen molar-refractivity contribution >= 4 is 0 Å². The predicted molar refractivity (Wildman–Crippen MR) is 78.1 cm³/mol. The van der Waals surface area contributed by atoms with Crippen LogP contribution in [0, 0.1) is 10.8 Å². The summed E-state index contributed by atoms with van der Waals surface area (Å²) in [6, 6.07) is -0.0239. The molecule has 0 amide bonds. The van der Waals surface area contributed by atoms with E-state index in [2.05, 4.69) is 46.5 Å². The Morgan fingerprint density at radius 3 is 2.47 bits per heavy atom. The fourth-order valence-electron chi connectivity index (χ4n) is 4.07. The zero-order valence-corrected chi connectivity index (χ0v) is 13.1. The highest BCUT2D eigenvalue weighted by atomic mass is 15.0. The molecule has 3 heteroatoms. The van der Waals surface area contributed by atoms with Crippen molar-refractivity contribution in [3.05, 3.63) is 17.2 Å². The molecular weight excluding hydrogens is 234 g/mol. The van der Waals surface area contributed by atoms with Gasteiger partial charge < -0.3 is 10.7 Å². The Morgan fingerprint density at radius 2 is 1.95 bits per heavy atom. The van der Waals surface area contributed by atoms with E-state index in [9.17, 15) is 0 Å². The Bertz CT molecular complexity index is 521. The summed E-state index contributed by atoms with van der Waals surface area (Å²) in [5.74, 6) is 1.60. The molecule has 1 saturated carbocycles. The van der Waals surface area contributed by atoms with Gasteiger partial charge in [0.25, 0.3) is 0 Å². The molecule has 2 aliphatic carbocycles. The first-order valence-corrected chi connectivity index (χ1v) is 7.45. The number of nitrogens with two attached hydrogens (primary N) is 1. The average molecular weight is 261 g/mol. The molecule has 0 spiro atoms. The summed E-state index contributed by atoms with van der Waals surface area (Å²) in [6.07, 6.45) is 2.54. The summed E-state index contributed by atoms with van der Waals surface area (Å²) in [5, 5.41) is 0. The minimum atomic E-state index is -0.0239. The summed E-state index contributed by atoms with van der Waals surface area (Å²) in [5.41, 5.74) is 9.61. The standard InChI is InChI=1S/C16H27N3/c1-14(2,3)11(17)13-18-10-9-7-8-16(6,12(10)19-13)15(9,4)5/h9,11H,7-8,17H2,1-6H3,(H,18,19)/t9?,11-,16?/m1/s1. The van der Waals surface area contributed by atoms with Gasteiger partial charge in [-0.15, -0.1) is 0 Å².